The number of rotatable bonds is 7. The summed E-state index contributed by atoms with van der Waals surface area (Å²) >= 11 is 0. The third-order valence-electron chi connectivity index (χ3n) is 4.63. The molecule has 0 amide bonds. The highest BCUT2D eigenvalue weighted by atomic mass is 35.5. The topological polar surface area (TPSA) is 84.9 Å². The third kappa shape index (κ3) is 6.25. The van der Waals surface area contributed by atoms with Crippen molar-refractivity contribution in [3.05, 3.63) is 65.7 Å². The van der Waals surface area contributed by atoms with E-state index in [2.05, 4.69) is 14.4 Å². The minimum absolute atomic E-state index is 0. The number of nitrogens with zero attached hydrogens (tertiary/aromatic N) is 1. The quantitative estimate of drug-likeness (QED) is 0.665. The first kappa shape index (κ1) is 23.3. The average molecular weight is 441 g/mol. The predicted octanol–water partition coefficient (Wildman–Crippen LogP) is 2.25. The first-order valence-corrected chi connectivity index (χ1v) is 10.5. The largest absolute Gasteiger partial charge is 0.465 e. The summed E-state index contributed by atoms with van der Waals surface area (Å²) < 4.78 is 38.7. The standard InChI is InChI=1S/C20H24N2O5S.ClH/c1-26-20(23)17-7-9-18(10-8-17)28(24,25)21-19(16-5-3-2-4-6-16)15-22-11-13-27-14-12-22;/h2-10,19,21H,11-15H2,1H3;1H. The first-order valence-electron chi connectivity index (χ1n) is 9.05. The molecule has 158 valence electrons. The number of carbonyl (C=O) groups is 1. The maximum Gasteiger partial charge on any atom is 0.337 e. The molecule has 1 heterocycles. The highest BCUT2D eigenvalue weighted by Crippen LogP contribution is 2.20. The fourth-order valence-corrected chi connectivity index (χ4v) is 4.30. The molecule has 0 radical (unpaired) electrons. The van der Waals surface area contributed by atoms with E-state index >= 15 is 0 Å². The number of hydrogen-bond donors (Lipinski definition) is 1. The smallest absolute Gasteiger partial charge is 0.337 e. The summed E-state index contributed by atoms with van der Waals surface area (Å²) in [6.07, 6.45) is 0. The van der Waals surface area contributed by atoms with E-state index in [1.165, 1.54) is 31.4 Å². The molecule has 1 unspecified atom stereocenters. The van der Waals surface area contributed by atoms with Gasteiger partial charge in [-0.3, -0.25) is 4.90 Å². The van der Waals surface area contributed by atoms with Gasteiger partial charge in [-0.1, -0.05) is 30.3 Å². The maximum absolute atomic E-state index is 12.9. The lowest BCUT2D eigenvalue weighted by atomic mass is 10.1. The van der Waals surface area contributed by atoms with Gasteiger partial charge in [0.05, 0.1) is 36.8 Å². The number of carbonyl (C=O) groups excluding carboxylic acids is 1. The van der Waals surface area contributed by atoms with Crippen molar-refractivity contribution in [2.24, 2.45) is 0 Å². The lowest BCUT2D eigenvalue weighted by Crippen LogP contribution is -2.43. The number of methoxy groups -OCH3 is 1. The van der Waals surface area contributed by atoms with Gasteiger partial charge in [-0.2, -0.15) is 0 Å². The summed E-state index contributed by atoms with van der Waals surface area (Å²) in [5.74, 6) is -0.508. The molecule has 29 heavy (non-hydrogen) atoms. The van der Waals surface area contributed by atoms with E-state index in [-0.39, 0.29) is 17.3 Å². The molecule has 0 aromatic heterocycles. The molecule has 0 saturated carbocycles. The summed E-state index contributed by atoms with van der Waals surface area (Å²) in [7, 11) is -2.49. The number of benzene rings is 2. The van der Waals surface area contributed by atoms with Gasteiger partial charge in [0.15, 0.2) is 0 Å². The van der Waals surface area contributed by atoms with E-state index in [1.807, 2.05) is 30.3 Å². The minimum atomic E-state index is -3.77. The van der Waals surface area contributed by atoms with Crippen molar-refractivity contribution in [2.75, 3.05) is 40.0 Å². The highest BCUT2D eigenvalue weighted by Gasteiger charge is 2.24. The fourth-order valence-electron chi connectivity index (χ4n) is 3.08. The summed E-state index contributed by atoms with van der Waals surface area (Å²) in [5, 5.41) is 0. The van der Waals surface area contributed by atoms with Crippen LogP contribution in [0.4, 0.5) is 0 Å². The normalized spacial score (nSPS) is 15.9. The number of nitrogens with one attached hydrogen (secondary N) is 1. The Morgan fingerprint density at radius 3 is 2.31 bits per heavy atom. The molecule has 2 aromatic rings. The van der Waals surface area contributed by atoms with Crippen molar-refractivity contribution in [2.45, 2.75) is 10.9 Å². The monoisotopic (exact) mass is 440 g/mol. The van der Waals surface area contributed by atoms with Crippen LogP contribution in [0.5, 0.6) is 0 Å². The molecule has 1 fully saturated rings. The van der Waals surface area contributed by atoms with Crippen molar-refractivity contribution in [3.63, 3.8) is 0 Å². The second-order valence-corrected chi connectivity index (χ2v) is 8.23. The van der Waals surface area contributed by atoms with Crippen LogP contribution in [0.3, 0.4) is 0 Å². The number of halogens is 1. The first-order chi connectivity index (χ1) is 13.5. The second-order valence-electron chi connectivity index (χ2n) is 6.51. The Bertz CT molecular complexity index is 885. The molecule has 7 nitrogen and oxygen atoms in total. The van der Waals surface area contributed by atoms with Gasteiger partial charge in [-0.05, 0) is 29.8 Å². The number of ether oxygens (including phenoxy) is 2. The van der Waals surface area contributed by atoms with Crippen molar-refractivity contribution in [1.29, 1.82) is 0 Å². The van der Waals surface area contributed by atoms with Crippen LogP contribution in [-0.2, 0) is 19.5 Å². The zero-order chi connectivity index (χ0) is 20.0. The van der Waals surface area contributed by atoms with Crippen LogP contribution in [-0.4, -0.2) is 59.2 Å². The van der Waals surface area contributed by atoms with Crippen LogP contribution < -0.4 is 4.72 Å². The van der Waals surface area contributed by atoms with Crippen LogP contribution in [0.2, 0.25) is 0 Å². The van der Waals surface area contributed by atoms with E-state index in [4.69, 9.17) is 4.74 Å². The van der Waals surface area contributed by atoms with Gasteiger partial charge in [0.25, 0.3) is 0 Å². The molecule has 3 rings (SSSR count). The highest BCUT2D eigenvalue weighted by molar-refractivity contribution is 7.89. The molecule has 2 aromatic carbocycles. The fraction of sp³-hybridized carbons (Fsp3) is 0.350. The molecule has 1 aliphatic rings. The lowest BCUT2D eigenvalue weighted by Gasteiger charge is -2.31. The van der Waals surface area contributed by atoms with Crippen LogP contribution in [0.15, 0.2) is 59.5 Å². The Balaban J connectivity index is 0.00000300. The van der Waals surface area contributed by atoms with Gasteiger partial charge >= 0.3 is 5.97 Å². The van der Waals surface area contributed by atoms with Crippen LogP contribution in [0.1, 0.15) is 22.0 Å². The molecule has 0 aliphatic carbocycles. The van der Waals surface area contributed by atoms with Gasteiger partial charge in [-0.25, -0.2) is 17.9 Å². The van der Waals surface area contributed by atoms with E-state index in [0.717, 1.165) is 18.7 Å². The molecule has 1 aliphatic heterocycles. The third-order valence-corrected chi connectivity index (χ3v) is 6.12. The van der Waals surface area contributed by atoms with Crippen molar-refractivity contribution >= 4 is 28.4 Å². The molecular weight excluding hydrogens is 416 g/mol. The zero-order valence-electron chi connectivity index (χ0n) is 16.1. The number of morpholine rings is 1. The van der Waals surface area contributed by atoms with Crippen LogP contribution in [0, 0.1) is 0 Å². The van der Waals surface area contributed by atoms with E-state index < -0.39 is 22.0 Å². The van der Waals surface area contributed by atoms with E-state index in [0.29, 0.717) is 25.3 Å². The molecule has 0 spiro atoms. The second kappa shape index (κ2) is 10.7. The maximum atomic E-state index is 12.9. The van der Waals surface area contributed by atoms with E-state index in [9.17, 15) is 13.2 Å². The van der Waals surface area contributed by atoms with Gasteiger partial charge in [-0.15, -0.1) is 12.4 Å². The molecule has 1 N–H and O–H groups in total. The Hall–Kier alpha value is -1.97. The molecule has 1 saturated heterocycles. The van der Waals surface area contributed by atoms with Gasteiger partial charge < -0.3 is 9.47 Å². The zero-order valence-corrected chi connectivity index (χ0v) is 17.7. The van der Waals surface area contributed by atoms with Crippen molar-refractivity contribution < 1.29 is 22.7 Å². The summed E-state index contributed by atoms with van der Waals surface area (Å²) in [6.45, 7) is 3.36. The lowest BCUT2D eigenvalue weighted by molar-refractivity contribution is 0.0345. The van der Waals surface area contributed by atoms with Gasteiger partial charge in [0, 0.05) is 19.6 Å². The molecular formula is C20H25ClN2O5S. The number of hydrogen-bond acceptors (Lipinski definition) is 6. The SMILES string of the molecule is COC(=O)c1ccc(S(=O)(=O)NC(CN2CCOCC2)c2ccccc2)cc1.Cl. The summed E-state index contributed by atoms with van der Waals surface area (Å²) in [6, 6.07) is 14.8. The molecule has 0 bridgehead atoms. The average Bonchev–Trinajstić information content (AvgIpc) is 2.74. The van der Waals surface area contributed by atoms with Crippen LogP contribution in [0.25, 0.3) is 0 Å². The Labute approximate surface area is 177 Å². The number of esters is 1. The Kier molecular flexibility index (Phi) is 8.60. The number of sulfonamides is 1. The Morgan fingerprint density at radius 2 is 1.72 bits per heavy atom. The predicted molar refractivity (Wildman–Crippen MR) is 112 cm³/mol. The van der Waals surface area contributed by atoms with Crippen molar-refractivity contribution in [3.8, 4) is 0 Å². The minimum Gasteiger partial charge on any atom is -0.465 e. The summed E-state index contributed by atoms with van der Waals surface area (Å²) in [5.41, 5.74) is 1.19. The van der Waals surface area contributed by atoms with Gasteiger partial charge in [0.2, 0.25) is 10.0 Å². The summed E-state index contributed by atoms with van der Waals surface area (Å²) in [4.78, 5) is 13.8. The molecule has 1 atom stereocenters. The van der Waals surface area contributed by atoms with Crippen molar-refractivity contribution in [1.82, 2.24) is 9.62 Å². The van der Waals surface area contributed by atoms with E-state index in [1.54, 1.807) is 0 Å². The van der Waals surface area contributed by atoms with Gasteiger partial charge in [0.1, 0.15) is 0 Å². The Morgan fingerprint density at radius 1 is 1.10 bits per heavy atom. The van der Waals surface area contributed by atoms with Crippen LogP contribution >= 0.6 is 12.4 Å². The molecule has 9 heteroatoms.